The van der Waals surface area contributed by atoms with Crippen LogP contribution in [-0.4, -0.2) is 41.9 Å². The molecule has 0 unspecified atom stereocenters. The van der Waals surface area contributed by atoms with E-state index >= 15 is 0 Å². The van der Waals surface area contributed by atoms with Crippen LogP contribution in [0.25, 0.3) is 0 Å². The lowest BCUT2D eigenvalue weighted by atomic mass is 9.89. The van der Waals surface area contributed by atoms with Crippen molar-refractivity contribution in [1.82, 2.24) is 4.90 Å². The van der Waals surface area contributed by atoms with E-state index in [0.29, 0.717) is 31.7 Å². The first-order chi connectivity index (χ1) is 11.2. The average Bonchev–Trinajstić information content (AvgIpc) is 3.02. The minimum absolute atomic E-state index is 0.0837. The molecule has 1 spiro atoms. The van der Waals surface area contributed by atoms with Crippen molar-refractivity contribution < 1.29 is 14.3 Å². The monoisotopic (exact) mass is 313 g/mol. The molecule has 1 amide bonds. The molecule has 0 bridgehead atoms. The summed E-state index contributed by atoms with van der Waals surface area (Å²) in [7, 11) is 0. The van der Waals surface area contributed by atoms with E-state index in [9.17, 15) is 9.59 Å². The average molecular weight is 313 g/mol. The van der Waals surface area contributed by atoms with Gasteiger partial charge < -0.3 is 9.64 Å². The molecule has 2 aliphatic carbocycles. The second kappa shape index (κ2) is 5.75. The van der Waals surface area contributed by atoms with Gasteiger partial charge >= 0.3 is 0 Å². The predicted molar refractivity (Wildman–Crippen MR) is 86.8 cm³/mol. The zero-order valence-corrected chi connectivity index (χ0v) is 13.5. The van der Waals surface area contributed by atoms with Crippen LogP contribution in [0.3, 0.4) is 0 Å². The van der Waals surface area contributed by atoms with Crippen LogP contribution in [0.15, 0.2) is 18.2 Å². The molecule has 122 valence electrons. The molecule has 4 rings (SSSR count). The number of rotatable bonds is 1. The Balaban J connectivity index is 1.56. The number of aryl methyl sites for hydroxylation is 1. The molecule has 0 N–H and O–H groups in total. The number of ether oxygens (including phenoxy) is 1. The van der Waals surface area contributed by atoms with Gasteiger partial charge in [0.2, 0.25) is 0 Å². The zero-order chi connectivity index (χ0) is 15.9. The number of carbonyl (C=O) groups excluding carboxylic acids is 2. The van der Waals surface area contributed by atoms with E-state index in [4.69, 9.17) is 4.74 Å². The second-order valence-electron chi connectivity index (χ2n) is 7.11. The third-order valence-electron chi connectivity index (χ3n) is 5.55. The van der Waals surface area contributed by atoms with Crippen molar-refractivity contribution in [1.29, 1.82) is 0 Å². The summed E-state index contributed by atoms with van der Waals surface area (Å²) in [6.07, 6.45) is 6.95. The highest BCUT2D eigenvalue weighted by Gasteiger charge is 2.40. The highest BCUT2D eigenvalue weighted by Crippen LogP contribution is 2.36. The van der Waals surface area contributed by atoms with Crippen LogP contribution in [0.2, 0.25) is 0 Å². The van der Waals surface area contributed by atoms with Crippen molar-refractivity contribution in [3.8, 4) is 0 Å². The summed E-state index contributed by atoms with van der Waals surface area (Å²) in [6.45, 7) is 2.01. The van der Waals surface area contributed by atoms with Crippen LogP contribution >= 0.6 is 0 Å². The van der Waals surface area contributed by atoms with Gasteiger partial charge in [0.15, 0.2) is 5.78 Å². The molecule has 1 heterocycles. The summed E-state index contributed by atoms with van der Waals surface area (Å²) in [5, 5.41) is 0. The molecule has 0 radical (unpaired) electrons. The van der Waals surface area contributed by atoms with E-state index in [1.165, 1.54) is 12.8 Å². The van der Waals surface area contributed by atoms with Crippen LogP contribution < -0.4 is 0 Å². The van der Waals surface area contributed by atoms with Crippen molar-refractivity contribution in [2.75, 3.05) is 19.7 Å². The Hall–Kier alpha value is -1.68. The summed E-state index contributed by atoms with van der Waals surface area (Å²) in [5.74, 6) is 0.293. The smallest absolute Gasteiger partial charge is 0.254 e. The van der Waals surface area contributed by atoms with Crippen molar-refractivity contribution in [2.45, 2.75) is 50.5 Å². The third kappa shape index (κ3) is 2.69. The first-order valence-corrected chi connectivity index (χ1v) is 8.76. The number of Topliss-reactive ketones (excluding diaryl/α,β-unsaturated/α-hetero) is 1. The standard InChI is InChI=1S/C19H23NO3/c21-17-5-3-4-14-12-15(6-7-16(14)17)18(22)20-10-11-23-19(13-20)8-1-2-9-19/h6-7,12H,1-5,8-11,13H2. The van der Waals surface area contributed by atoms with Gasteiger partial charge in [0.05, 0.1) is 18.8 Å². The van der Waals surface area contributed by atoms with E-state index in [2.05, 4.69) is 0 Å². The number of hydrogen-bond donors (Lipinski definition) is 0. The molecule has 1 saturated heterocycles. The normalized spacial score (nSPS) is 23.1. The zero-order valence-electron chi connectivity index (χ0n) is 13.5. The number of benzene rings is 1. The lowest BCUT2D eigenvalue weighted by molar-refractivity contribution is -0.0948. The second-order valence-corrected chi connectivity index (χ2v) is 7.11. The van der Waals surface area contributed by atoms with Gasteiger partial charge in [-0.2, -0.15) is 0 Å². The number of ketones is 1. The number of amides is 1. The number of morpholine rings is 1. The Bertz CT molecular complexity index is 646. The van der Waals surface area contributed by atoms with E-state index < -0.39 is 0 Å². The first kappa shape index (κ1) is 14.9. The molecule has 1 aromatic rings. The van der Waals surface area contributed by atoms with E-state index in [1.54, 1.807) is 0 Å². The van der Waals surface area contributed by atoms with Crippen LogP contribution in [0, 0.1) is 0 Å². The van der Waals surface area contributed by atoms with Crippen LogP contribution in [0.1, 0.15) is 64.8 Å². The van der Waals surface area contributed by atoms with Gasteiger partial charge in [-0.1, -0.05) is 18.9 Å². The number of nitrogens with zero attached hydrogens (tertiary/aromatic N) is 1. The van der Waals surface area contributed by atoms with Crippen molar-refractivity contribution in [2.24, 2.45) is 0 Å². The van der Waals surface area contributed by atoms with Crippen LogP contribution in [-0.2, 0) is 11.2 Å². The number of carbonyl (C=O) groups is 2. The molecule has 0 aromatic heterocycles. The molecule has 4 heteroatoms. The summed E-state index contributed by atoms with van der Waals surface area (Å²) < 4.78 is 6.01. The summed E-state index contributed by atoms with van der Waals surface area (Å²) in [5.41, 5.74) is 2.46. The molecular formula is C19H23NO3. The Morgan fingerprint density at radius 2 is 1.96 bits per heavy atom. The van der Waals surface area contributed by atoms with Gasteiger partial charge in [0.25, 0.3) is 5.91 Å². The maximum Gasteiger partial charge on any atom is 0.254 e. The topological polar surface area (TPSA) is 46.6 Å². The summed E-state index contributed by atoms with van der Waals surface area (Å²) >= 11 is 0. The predicted octanol–water partition coefficient (Wildman–Crippen LogP) is 2.99. The van der Waals surface area contributed by atoms with Crippen molar-refractivity contribution >= 4 is 11.7 Å². The van der Waals surface area contributed by atoms with E-state index in [1.807, 2.05) is 23.1 Å². The number of hydrogen-bond acceptors (Lipinski definition) is 3. The van der Waals surface area contributed by atoms with Gasteiger partial charge in [-0.3, -0.25) is 9.59 Å². The van der Waals surface area contributed by atoms with Crippen molar-refractivity contribution in [3.05, 3.63) is 34.9 Å². The van der Waals surface area contributed by atoms with Crippen LogP contribution in [0.5, 0.6) is 0 Å². The maximum atomic E-state index is 12.9. The van der Waals surface area contributed by atoms with Gasteiger partial charge in [0.1, 0.15) is 0 Å². The first-order valence-electron chi connectivity index (χ1n) is 8.76. The quantitative estimate of drug-likeness (QED) is 0.801. The molecular weight excluding hydrogens is 290 g/mol. The molecule has 1 aliphatic heterocycles. The minimum Gasteiger partial charge on any atom is -0.371 e. The van der Waals surface area contributed by atoms with E-state index in [-0.39, 0.29) is 17.3 Å². The Labute approximate surface area is 136 Å². The lowest BCUT2D eigenvalue weighted by Gasteiger charge is -2.40. The molecule has 23 heavy (non-hydrogen) atoms. The fraction of sp³-hybridized carbons (Fsp3) is 0.579. The highest BCUT2D eigenvalue weighted by atomic mass is 16.5. The molecule has 1 saturated carbocycles. The Morgan fingerprint density at radius 3 is 2.78 bits per heavy atom. The molecule has 1 aromatic carbocycles. The molecule has 0 atom stereocenters. The Morgan fingerprint density at radius 1 is 1.13 bits per heavy atom. The number of fused-ring (bicyclic) bond motifs is 1. The molecule has 2 fully saturated rings. The van der Waals surface area contributed by atoms with Crippen LogP contribution in [0.4, 0.5) is 0 Å². The highest BCUT2D eigenvalue weighted by molar-refractivity contribution is 6.01. The lowest BCUT2D eigenvalue weighted by Crippen LogP contribution is -2.52. The summed E-state index contributed by atoms with van der Waals surface area (Å²) in [4.78, 5) is 26.8. The van der Waals surface area contributed by atoms with Gasteiger partial charge in [-0.15, -0.1) is 0 Å². The fourth-order valence-corrected chi connectivity index (χ4v) is 4.30. The Kier molecular flexibility index (Phi) is 3.72. The molecule has 4 nitrogen and oxygen atoms in total. The van der Waals surface area contributed by atoms with E-state index in [0.717, 1.165) is 36.8 Å². The third-order valence-corrected chi connectivity index (χ3v) is 5.55. The largest absolute Gasteiger partial charge is 0.371 e. The minimum atomic E-state index is -0.0991. The van der Waals surface area contributed by atoms with Gasteiger partial charge in [-0.05, 0) is 43.4 Å². The van der Waals surface area contributed by atoms with Gasteiger partial charge in [-0.25, -0.2) is 0 Å². The van der Waals surface area contributed by atoms with Crippen molar-refractivity contribution in [3.63, 3.8) is 0 Å². The molecule has 3 aliphatic rings. The summed E-state index contributed by atoms with van der Waals surface area (Å²) in [6, 6.07) is 5.60. The SMILES string of the molecule is O=C1CCCc2cc(C(=O)N3CCOC4(CCCC4)C3)ccc21. The fourth-order valence-electron chi connectivity index (χ4n) is 4.30. The maximum absolute atomic E-state index is 12.9. The van der Waals surface area contributed by atoms with Gasteiger partial charge in [0, 0.05) is 24.1 Å².